The second kappa shape index (κ2) is 3.54. The van der Waals surface area contributed by atoms with Gasteiger partial charge in [-0.05, 0) is 36.1 Å². The van der Waals surface area contributed by atoms with Gasteiger partial charge in [-0.25, -0.2) is 0 Å². The number of aromatic nitrogens is 2. The van der Waals surface area contributed by atoms with Crippen molar-refractivity contribution in [1.82, 2.24) is 9.97 Å². The number of hydrogen-bond acceptors (Lipinski definition) is 0. The Hall–Kier alpha value is -2.48. The van der Waals surface area contributed by atoms with Crippen LogP contribution in [0, 0.1) is 0 Å². The average Bonchev–Trinajstić information content (AvgIpc) is 3.05. The minimum atomic E-state index is 1.12. The lowest BCUT2D eigenvalue weighted by Gasteiger charge is -2.12. The number of aryl methyl sites for hydroxylation is 2. The Morgan fingerprint density at radius 2 is 1.05 bits per heavy atom. The summed E-state index contributed by atoms with van der Waals surface area (Å²) < 4.78 is 0. The number of hydrogen-bond donors (Lipinski definition) is 2. The zero-order chi connectivity index (χ0) is 13.1. The van der Waals surface area contributed by atoms with Crippen molar-refractivity contribution < 1.29 is 0 Å². The molecule has 0 saturated heterocycles. The van der Waals surface area contributed by atoms with Crippen molar-refractivity contribution in [1.29, 1.82) is 0 Å². The van der Waals surface area contributed by atoms with Gasteiger partial charge in [0, 0.05) is 21.8 Å². The summed E-state index contributed by atoms with van der Waals surface area (Å²) in [5.74, 6) is 0. The van der Waals surface area contributed by atoms with E-state index in [2.05, 4.69) is 58.5 Å². The number of nitrogens with one attached hydrogen (secondary N) is 2. The smallest absolute Gasteiger partial charge is 0.0666 e. The van der Waals surface area contributed by atoms with Gasteiger partial charge in [-0.15, -0.1) is 0 Å². The molecule has 0 atom stereocenters. The van der Waals surface area contributed by atoms with Crippen LogP contribution in [0.4, 0.5) is 0 Å². The molecule has 2 aromatic heterocycles. The van der Waals surface area contributed by atoms with Gasteiger partial charge in [0.05, 0.1) is 11.4 Å². The largest absolute Gasteiger partial charge is 0.353 e. The predicted molar refractivity (Wildman–Crippen MR) is 83.0 cm³/mol. The molecule has 0 amide bonds. The molecule has 1 aliphatic rings. The summed E-state index contributed by atoms with van der Waals surface area (Å²) in [4.78, 5) is 7.20. The quantitative estimate of drug-likeness (QED) is 0.468. The summed E-state index contributed by atoms with van der Waals surface area (Å²) in [7, 11) is 0. The number of para-hydroxylation sites is 2. The lowest BCUT2D eigenvalue weighted by Crippen LogP contribution is -2.01. The normalized spacial score (nSPS) is 13.6. The highest BCUT2D eigenvalue weighted by Gasteiger charge is 2.23. The molecule has 0 fully saturated rings. The minimum absolute atomic E-state index is 1.12. The molecule has 4 aromatic rings. The van der Waals surface area contributed by atoms with Gasteiger partial charge < -0.3 is 9.97 Å². The summed E-state index contributed by atoms with van der Waals surface area (Å²) >= 11 is 0. The zero-order valence-electron chi connectivity index (χ0n) is 11.0. The molecule has 0 aliphatic heterocycles. The SMILES string of the molecule is c1ccc2c3c([nH]c2c1)-c1[nH]c2ccccc2c1CC3. The molecule has 20 heavy (non-hydrogen) atoms. The third-order valence-corrected chi connectivity index (χ3v) is 4.50. The van der Waals surface area contributed by atoms with E-state index in [1.54, 1.807) is 0 Å². The minimum Gasteiger partial charge on any atom is -0.353 e. The van der Waals surface area contributed by atoms with Gasteiger partial charge in [0.15, 0.2) is 0 Å². The molecule has 0 bridgehead atoms. The van der Waals surface area contributed by atoms with Crippen LogP contribution < -0.4 is 0 Å². The Kier molecular flexibility index (Phi) is 1.83. The Morgan fingerprint density at radius 1 is 0.600 bits per heavy atom. The Bertz CT molecular complexity index is 876. The van der Waals surface area contributed by atoms with Crippen LogP contribution in [0.5, 0.6) is 0 Å². The third-order valence-electron chi connectivity index (χ3n) is 4.50. The van der Waals surface area contributed by atoms with E-state index in [1.807, 2.05) is 0 Å². The molecule has 2 heterocycles. The van der Waals surface area contributed by atoms with E-state index in [9.17, 15) is 0 Å². The highest BCUT2D eigenvalue weighted by Crippen LogP contribution is 2.39. The molecule has 0 spiro atoms. The summed E-state index contributed by atoms with van der Waals surface area (Å²) in [5, 5.41) is 2.73. The maximum Gasteiger partial charge on any atom is 0.0666 e. The van der Waals surface area contributed by atoms with E-state index >= 15 is 0 Å². The lowest BCUT2D eigenvalue weighted by atomic mass is 9.92. The number of H-pyrrole nitrogens is 2. The first-order valence-corrected chi connectivity index (χ1v) is 7.11. The van der Waals surface area contributed by atoms with Gasteiger partial charge in [-0.2, -0.15) is 0 Å². The number of benzene rings is 2. The maximum absolute atomic E-state index is 3.60. The second-order valence-corrected chi connectivity index (χ2v) is 5.55. The summed E-state index contributed by atoms with van der Waals surface area (Å²) in [5.41, 5.74) is 7.96. The zero-order valence-corrected chi connectivity index (χ0v) is 11.0. The van der Waals surface area contributed by atoms with Crippen LogP contribution in [0.1, 0.15) is 11.1 Å². The Morgan fingerprint density at radius 3 is 1.55 bits per heavy atom. The molecule has 2 N–H and O–H groups in total. The van der Waals surface area contributed by atoms with Crippen LogP contribution in [0.2, 0.25) is 0 Å². The van der Waals surface area contributed by atoms with Crippen molar-refractivity contribution in [3.63, 3.8) is 0 Å². The Labute approximate surface area is 116 Å². The highest BCUT2D eigenvalue weighted by atomic mass is 14.8. The van der Waals surface area contributed by atoms with Crippen LogP contribution in [-0.4, -0.2) is 9.97 Å². The van der Waals surface area contributed by atoms with E-state index in [0.717, 1.165) is 12.8 Å². The lowest BCUT2D eigenvalue weighted by molar-refractivity contribution is 0.953. The molecule has 96 valence electrons. The van der Waals surface area contributed by atoms with Crippen LogP contribution in [0.3, 0.4) is 0 Å². The van der Waals surface area contributed by atoms with Gasteiger partial charge in [0.25, 0.3) is 0 Å². The average molecular weight is 258 g/mol. The summed E-state index contributed by atoms with van der Waals surface area (Å²) in [6.07, 6.45) is 2.24. The monoisotopic (exact) mass is 258 g/mol. The van der Waals surface area contributed by atoms with E-state index in [4.69, 9.17) is 0 Å². The molecular formula is C18H14N2. The van der Waals surface area contributed by atoms with Gasteiger partial charge in [-0.1, -0.05) is 36.4 Å². The number of fused-ring (bicyclic) bond motifs is 7. The molecule has 0 unspecified atom stereocenters. The van der Waals surface area contributed by atoms with Crippen molar-refractivity contribution in [2.75, 3.05) is 0 Å². The van der Waals surface area contributed by atoms with Crippen molar-refractivity contribution in [3.8, 4) is 11.4 Å². The summed E-state index contributed by atoms with van der Waals surface area (Å²) in [6.45, 7) is 0. The highest BCUT2D eigenvalue weighted by molar-refractivity contribution is 5.97. The fourth-order valence-corrected chi connectivity index (χ4v) is 3.60. The molecule has 0 saturated carbocycles. The topological polar surface area (TPSA) is 31.6 Å². The first-order chi connectivity index (χ1) is 9.92. The molecule has 1 aliphatic carbocycles. The standard InChI is InChI=1S/C18H14N2/c1-3-7-15-11(5-1)13-9-10-14-12-6-2-4-8-16(12)20-18(14)17(13)19-15/h1-8,19-20H,9-10H2. The summed E-state index contributed by atoms with van der Waals surface area (Å²) in [6, 6.07) is 17.2. The van der Waals surface area contributed by atoms with Crippen LogP contribution in [0.15, 0.2) is 48.5 Å². The fraction of sp³-hybridized carbons (Fsp3) is 0.111. The van der Waals surface area contributed by atoms with Gasteiger partial charge >= 0.3 is 0 Å². The maximum atomic E-state index is 3.60. The van der Waals surface area contributed by atoms with Gasteiger partial charge in [0.1, 0.15) is 0 Å². The second-order valence-electron chi connectivity index (χ2n) is 5.55. The first-order valence-electron chi connectivity index (χ1n) is 7.11. The van der Waals surface area contributed by atoms with Crippen LogP contribution >= 0.6 is 0 Å². The van der Waals surface area contributed by atoms with E-state index < -0.39 is 0 Å². The fourth-order valence-electron chi connectivity index (χ4n) is 3.60. The molecule has 2 heteroatoms. The molecule has 0 radical (unpaired) electrons. The van der Waals surface area contributed by atoms with Gasteiger partial charge in [-0.3, -0.25) is 0 Å². The molecule has 5 rings (SSSR count). The van der Waals surface area contributed by atoms with E-state index in [0.29, 0.717) is 0 Å². The van der Waals surface area contributed by atoms with Crippen molar-refractivity contribution in [2.45, 2.75) is 12.8 Å². The van der Waals surface area contributed by atoms with Crippen LogP contribution in [0.25, 0.3) is 33.2 Å². The van der Waals surface area contributed by atoms with E-state index in [1.165, 1.54) is 44.3 Å². The van der Waals surface area contributed by atoms with E-state index in [-0.39, 0.29) is 0 Å². The Balaban J connectivity index is 1.91. The van der Waals surface area contributed by atoms with Crippen molar-refractivity contribution in [3.05, 3.63) is 59.7 Å². The van der Waals surface area contributed by atoms with Crippen molar-refractivity contribution >= 4 is 21.8 Å². The molecular weight excluding hydrogens is 244 g/mol. The van der Waals surface area contributed by atoms with Gasteiger partial charge in [0.2, 0.25) is 0 Å². The predicted octanol–water partition coefficient (Wildman–Crippen LogP) is 4.41. The first kappa shape index (κ1) is 10.3. The number of aromatic amines is 2. The van der Waals surface area contributed by atoms with Crippen LogP contribution in [-0.2, 0) is 12.8 Å². The van der Waals surface area contributed by atoms with Crippen molar-refractivity contribution in [2.24, 2.45) is 0 Å². The molecule has 2 nitrogen and oxygen atoms in total. The third kappa shape index (κ3) is 1.19. The molecule has 2 aromatic carbocycles. The number of rotatable bonds is 0.